The van der Waals surface area contributed by atoms with Gasteiger partial charge in [-0.25, -0.2) is 9.97 Å². The first kappa shape index (κ1) is 14.3. The van der Waals surface area contributed by atoms with Gasteiger partial charge in [0.15, 0.2) is 0 Å². The molecule has 0 aliphatic rings. The van der Waals surface area contributed by atoms with Crippen LogP contribution in [-0.2, 0) is 6.42 Å². The molecule has 0 saturated carbocycles. The van der Waals surface area contributed by atoms with Gasteiger partial charge in [-0.1, -0.05) is 12.1 Å². The normalized spacial score (nSPS) is 10.6. The second kappa shape index (κ2) is 6.37. The van der Waals surface area contributed by atoms with Crippen molar-refractivity contribution in [2.45, 2.75) is 33.6 Å². The third-order valence-electron chi connectivity index (χ3n) is 3.47. The number of hydrogen-bond acceptors (Lipinski definition) is 4. The molecule has 4 nitrogen and oxygen atoms in total. The number of hydrogen-bond donors (Lipinski definition) is 2. The van der Waals surface area contributed by atoms with E-state index in [0.29, 0.717) is 11.7 Å². The van der Waals surface area contributed by atoms with E-state index in [1.54, 1.807) is 12.1 Å². The third-order valence-corrected chi connectivity index (χ3v) is 3.47. The van der Waals surface area contributed by atoms with Crippen molar-refractivity contribution >= 4 is 5.95 Å². The number of phenols is 1. The van der Waals surface area contributed by atoms with Crippen LogP contribution in [0.3, 0.4) is 0 Å². The predicted molar refractivity (Wildman–Crippen MR) is 81.2 cm³/mol. The summed E-state index contributed by atoms with van der Waals surface area (Å²) in [4.78, 5) is 8.86. The minimum Gasteiger partial charge on any atom is -0.508 e. The number of benzene rings is 1. The Morgan fingerprint density at radius 3 is 2.45 bits per heavy atom. The van der Waals surface area contributed by atoms with E-state index in [9.17, 15) is 5.11 Å². The van der Waals surface area contributed by atoms with Crippen molar-refractivity contribution in [3.05, 3.63) is 46.8 Å². The summed E-state index contributed by atoms with van der Waals surface area (Å²) in [6.45, 7) is 6.86. The molecule has 0 spiro atoms. The monoisotopic (exact) mass is 271 g/mol. The highest BCUT2D eigenvalue weighted by molar-refractivity contribution is 5.33. The molecule has 0 amide bonds. The van der Waals surface area contributed by atoms with E-state index in [0.717, 1.165) is 41.9 Å². The van der Waals surface area contributed by atoms with Crippen molar-refractivity contribution in [1.29, 1.82) is 0 Å². The minimum absolute atomic E-state index is 0.323. The van der Waals surface area contributed by atoms with Gasteiger partial charge in [-0.3, -0.25) is 0 Å². The van der Waals surface area contributed by atoms with Gasteiger partial charge in [0.1, 0.15) is 5.75 Å². The summed E-state index contributed by atoms with van der Waals surface area (Å²) in [6.07, 6.45) is 1.89. The lowest BCUT2D eigenvalue weighted by Crippen LogP contribution is -2.09. The molecular weight excluding hydrogens is 250 g/mol. The molecule has 0 bridgehead atoms. The zero-order chi connectivity index (χ0) is 14.5. The Morgan fingerprint density at radius 1 is 1.10 bits per heavy atom. The molecule has 0 radical (unpaired) electrons. The molecule has 1 heterocycles. The first-order valence-electron chi connectivity index (χ1n) is 6.90. The molecule has 1 aromatic carbocycles. The number of anilines is 1. The first-order chi connectivity index (χ1) is 9.56. The first-order valence-corrected chi connectivity index (χ1v) is 6.90. The highest BCUT2D eigenvalue weighted by atomic mass is 16.3. The smallest absolute Gasteiger partial charge is 0.223 e. The Bertz CT molecular complexity index is 573. The van der Waals surface area contributed by atoms with Gasteiger partial charge in [-0.2, -0.15) is 0 Å². The molecule has 0 unspecified atom stereocenters. The van der Waals surface area contributed by atoms with Gasteiger partial charge in [0.2, 0.25) is 5.95 Å². The average Bonchev–Trinajstić information content (AvgIpc) is 2.41. The van der Waals surface area contributed by atoms with Crippen LogP contribution >= 0.6 is 0 Å². The lowest BCUT2D eigenvalue weighted by atomic mass is 10.1. The summed E-state index contributed by atoms with van der Waals surface area (Å²) in [5, 5.41) is 12.7. The van der Waals surface area contributed by atoms with E-state index >= 15 is 0 Å². The molecule has 106 valence electrons. The van der Waals surface area contributed by atoms with Crippen LogP contribution in [0.1, 0.15) is 28.9 Å². The SMILES string of the molecule is Cc1nc(NCCCc2cccc(O)c2)nc(C)c1C. The van der Waals surface area contributed by atoms with E-state index in [4.69, 9.17) is 0 Å². The van der Waals surface area contributed by atoms with Gasteiger partial charge in [-0.15, -0.1) is 0 Å². The fourth-order valence-electron chi connectivity index (χ4n) is 2.06. The van der Waals surface area contributed by atoms with E-state index in [1.165, 1.54) is 0 Å². The number of aromatic nitrogens is 2. The molecule has 0 aliphatic heterocycles. The van der Waals surface area contributed by atoms with Crippen LogP contribution < -0.4 is 5.32 Å². The quantitative estimate of drug-likeness (QED) is 0.820. The van der Waals surface area contributed by atoms with Crippen LogP contribution in [0.25, 0.3) is 0 Å². The summed E-state index contributed by atoms with van der Waals surface area (Å²) in [5.74, 6) is 1.02. The van der Waals surface area contributed by atoms with Crippen LogP contribution in [0.2, 0.25) is 0 Å². The average molecular weight is 271 g/mol. The molecule has 4 heteroatoms. The summed E-state index contributed by atoms with van der Waals surface area (Å²) in [5.41, 5.74) is 4.33. The Hall–Kier alpha value is -2.10. The number of aromatic hydroxyl groups is 1. The Balaban J connectivity index is 1.84. The lowest BCUT2D eigenvalue weighted by Gasteiger charge is -2.09. The summed E-state index contributed by atoms with van der Waals surface area (Å²) < 4.78 is 0. The maximum Gasteiger partial charge on any atom is 0.223 e. The van der Waals surface area contributed by atoms with Crippen molar-refractivity contribution in [3.8, 4) is 5.75 Å². The van der Waals surface area contributed by atoms with Crippen LogP contribution in [0.5, 0.6) is 5.75 Å². The largest absolute Gasteiger partial charge is 0.508 e. The second-order valence-corrected chi connectivity index (χ2v) is 5.04. The molecule has 0 atom stereocenters. The number of rotatable bonds is 5. The molecule has 1 aromatic heterocycles. The second-order valence-electron chi connectivity index (χ2n) is 5.04. The number of nitrogens with zero attached hydrogens (tertiary/aromatic N) is 2. The van der Waals surface area contributed by atoms with E-state index in [2.05, 4.69) is 15.3 Å². The Morgan fingerprint density at radius 2 is 1.80 bits per heavy atom. The van der Waals surface area contributed by atoms with Crippen LogP contribution in [0, 0.1) is 20.8 Å². The van der Waals surface area contributed by atoms with Gasteiger partial charge in [0.25, 0.3) is 0 Å². The van der Waals surface area contributed by atoms with Crippen molar-refractivity contribution in [3.63, 3.8) is 0 Å². The molecular formula is C16H21N3O. The van der Waals surface area contributed by atoms with Gasteiger partial charge in [0, 0.05) is 17.9 Å². The topological polar surface area (TPSA) is 58.0 Å². The van der Waals surface area contributed by atoms with Crippen molar-refractivity contribution in [1.82, 2.24) is 9.97 Å². The summed E-state index contributed by atoms with van der Waals surface area (Å²) >= 11 is 0. The summed E-state index contributed by atoms with van der Waals surface area (Å²) in [6, 6.07) is 7.38. The molecule has 0 aliphatic carbocycles. The van der Waals surface area contributed by atoms with Crippen LogP contribution in [-0.4, -0.2) is 21.6 Å². The predicted octanol–water partition coefficient (Wildman–Crippen LogP) is 3.15. The van der Waals surface area contributed by atoms with Gasteiger partial charge < -0.3 is 10.4 Å². The maximum absolute atomic E-state index is 9.40. The molecule has 0 saturated heterocycles. The fourth-order valence-corrected chi connectivity index (χ4v) is 2.06. The Kier molecular flexibility index (Phi) is 4.56. The number of nitrogens with one attached hydrogen (secondary N) is 1. The molecule has 2 aromatic rings. The standard InChI is InChI=1S/C16H21N3O/c1-11-12(2)18-16(19-13(11)3)17-9-5-7-14-6-4-8-15(20)10-14/h4,6,8,10,20H,5,7,9H2,1-3H3,(H,17,18,19). The van der Waals surface area contributed by atoms with Gasteiger partial charge in [-0.05, 0) is 56.9 Å². The number of aryl methyl sites for hydroxylation is 3. The van der Waals surface area contributed by atoms with Crippen LogP contribution in [0.4, 0.5) is 5.95 Å². The molecule has 0 fully saturated rings. The molecule has 2 N–H and O–H groups in total. The third kappa shape index (κ3) is 3.70. The van der Waals surface area contributed by atoms with Crippen molar-refractivity contribution in [2.24, 2.45) is 0 Å². The number of phenolic OH excluding ortho intramolecular Hbond substituents is 1. The van der Waals surface area contributed by atoms with Crippen molar-refractivity contribution in [2.75, 3.05) is 11.9 Å². The van der Waals surface area contributed by atoms with E-state index in [-0.39, 0.29) is 0 Å². The highest BCUT2D eigenvalue weighted by Crippen LogP contribution is 2.13. The fraction of sp³-hybridized carbons (Fsp3) is 0.375. The van der Waals surface area contributed by atoms with Gasteiger partial charge >= 0.3 is 0 Å². The Labute approximate surface area is 119 Å². The zero-order valence-corrected chi connectivity index (χ0v) is 12.3. The molecule has 2 rings (SSSR count). The lowest BCUT2D eigenvalue weighted by molar-refractivity contribution is 0.474. The highest BCUT2D eigenvalue weighted by Gasteiger charge is 2.03. The zero-order valence-electron chi connectivity index (χ0n) is 12.3. The maximum atomic E-state index is 9.40. The van der Waals surface area contributed by atoms with E-state index < -0.39 is 0 Å². The minimum atomic E-state index is 0.323. The van der Waals surface area contributed by atoms with Crippen LogP contribution in [0.15, 0.2) is 24.3 Å². The van der Waals surface area contributed by atoms with Crippen molar-refractivity contribution < 1.29 is 5.11 Å². The molecule has 20 heavy (non-hydrogen) atoms. The van der Waals surface area contributed by atoms with Gasteiger partial charge in [0.05, 0.1) is 0 Å². The van der Waals surface area contributed by atoms with E-state index in [1.807, 2.05) is 32.9 Å². The summed E-state index contributed by atoms with van der Waals surface area (Å²) in [7, 11) is 0.